The summed E-state index contributed by atoms with van der Waals surface area (Å²) in [7, 11) is 0. The molecule has 7 nitrogen and oxygen atoms in total. The van der Waals surface area contributed by atoms with Crippen molar-refractivity contribution in [2.45, 2.75) is 37.6 Å². The van der Waals surface area contributed by atoms with Gasteiger partial charge in [0.1, 0.15) is 18.4 Å². The fourth-order valence-corrected chi connectivity index (χ4v) is 2.74. The van der Waals surface area contributed by atoms with Crippen molar-refractivity contribution in [3.63, 3.8) is 0 Å². The quantitative estimate of drug-likeness (QED) is 0.309. The van der Waals surface area contributed by atoms with Gasteiger partial charge in [0.2, 0.25) is 5.90 Å². The molecule has 0 bridgehead atoms. The van der Waals surface area contributed by atoms with Crippen molar-refractivity contribution in [3.8, 4) is 5.75 Å². The van der Waals surface area contributed by atoms with E-state index in [2.05, 4.69) is 17.0 Å². The van der Waals surface area contributed by atoms with Crippen molar-refractivity contribution in [2.75, 3.05) is 19.8 Å². The van der Waals surface area contributed by atoms with Crippen LogP contribution in [0.3, 0.4) is 0 Å². The summed E-state index contributed by atoms with van der Waals surface area (Å²) in [5.41, 5.74) is 3.09. The van der Waals surface area contributed by atoms with Crippen LogP contribution in [0.2, 0.25) is 0 Å². The zero-order valence-electron chi connectivity index (χ0n) is 16.0. The van der Waals surface area contributed by atoms with Crippen molar-refractivity contribution in [1.82, 2.24) is 10.9 Å². The van der Waals surface area contributed by atoms with Gasteiger partial charge in [-0.1, -0.05) is 6.08 Å². The predicted molar refractivity (Wildman–Crippen MR) is 100 cm³/mol. The molecule has 0 unspecified atom stereocenters. The van der Waals surface area contributed by atoms with Gasteiger partial charge in [0.05, 0.1) is 6.61 Å². The Bertz CT molecular complexity index is 737. The third kappa shape index (κ3) is 5.94. The van der Waals surface area contributed by atoms with E-state index in [1.807, 2.05) is 5.43 Å². The number of carbonyl (C=O) groups is 1. The van der Waals surface area contributed by atoms with Crippen molar-refractivity contribution in [3.05, 3.63) is 42.5 Å². The average Bonchev–Trinajstić information content (AvgIpc) is 2.99. The number of aliphatic imine (C=N–C) groups is 1. The van der Waals surface area contributed by atoms with Gasteiger partial charge in [0, 0.05) is 25.0 Å². The monoisotopic (exact) mass is 415 g/mol. The summed E-state index contributed by atoms with van der Waals surface area (Å²) in [5, 5.41) is 8.78. The van der Waals surface area contributed by atoms with Crippen LogP contribution >= 0.6 is 0 Å². The van der Waals surface area contributed by atoms with Crippen LogP contribution in [0, 0.1) is 0 Å². The minimum atomic E-state index is -4.47. The molecule has 10 heteroatoms. The molecule has 1 aliphatic heterocycles. The van der Waals surface area contributed by atoms with Crippen LogP contribution in [0.4, 0.5) is 13.2 Å². The summed E-state index contributed by atoms with van der Waals surface area (Å²) in [4.78, 5) is 17.0. The molecular weight excluding hydrogens is 391 g/mol. The van der Waals surface area contributed by atoms with E-state index in [1.54, 1.807) is 31.2 Å². The maximum atomic E-state index is 12.6. The number of carbonyl (C=O) groups excluding carboxylic acids is 1. The number of alkyl halides is 3. The first-order valence-electron chi connectivity index (χ1n) is 9.03. The second-order valence-electron chi connectivity index (χ2n) is 6.47. The number of aliphatic hydroxyl groups excluding tert-OH is 1. The lowest BCUT2D eigenvalue weighted by atomic mass is 9.90. The first-order valence-corrected chi connectivity index (χ1v) is 9.03. The number of aliphatic hydroxyl groups is 1. The maximum Gasteiger partial charge on any atom is 0.402 e. The van der Waals surface area contributed by atoms with E-state index in [1.165, 1.54) is 6.08 Å². The molecule has 1 aromatic carbocycles. The van der Waals surface area contributed by atoms with Crippen LogP contribution in [0.15, 0.2) is 41.9 Å². The minimum absolute atomic E-state index is 0.0336. The normalized spacial score (nSPS) is 21.3. The molecule has 0 saturated heterocycles. The Hall–Kier alpha value is -2.59. The smallest absolute Gasteiger partial charge is 0.402 e. The largest absolute Gasteiger partial charge is 0.494 e. The van der Waals surface area contributed by atoms with E-state index in [9.17, 15) is 18.0 Å². The molecule has 1 aliphatic rings. The number of halogens is 3. The maximum absolute atomic E-state index is 12.6. The molecule has 29 heavy (non-hydrogen) atoms. The van der Waals surface area contributed by atoms with Crippen LogP contribution in [-0.4, -0.2) is 54.5 Å². The van der Waals surface area contributed by atoms with E-state index in [-0.39, 0.29) is 18.9 Å². The number of benzene rings is 1. The van der Waals surface area contributed by atoms with Gasteiger partial charge in [0.25, 0.3) is 5.91 Å². The summed E-state index contributed by atoms with van der Waals surface area (Å²) in [5.74, 6) is 0.0561. The van der Waals surface area contributed by atoms with E-state index >= 15 is 0 Å². The highest BCUT2D eigenvalue weighted by Gasteiger charge is 2.49. The number of hydrazine groups is 1. The van der Waals surface area contributed by atoms with Crippen LogP contribution in [0.25, 0.3) is 0 Å². The van der Waals surface area contributed by atoms with E-state index in [0.29, 0.717) is 24.3 Å². The molecule has 2 rings (SSSR count). The summed E-state index contributed by atoms with van der Waals surface area (Å²) < 4.78 is 48.1. The molecule has 1 aromatic rings. The SMILES string of the molecule is C=CC[C@]1(C(=O)NNCC(F)(F)F)N=C(c2ccc(OCCCO)cc2)O[C@H]1C. The van der Waals surface area contributed by atoms with Gasteiger partial charge in [-0.25, -0.2) is 10.4 Å². The Kier molecular flexibility index (Phi) is 7.63. The third-order valence-electron chi connectivity index (χ3n) is 4.27. The molecule has 0 spiro atoms. The van der Waals surface area contributed by atoms with Crippen LogP contribution in [0.1, 0.15) is 25.3 Å². The predicted octanol–water partition coefficient (Wildman–Crippen LogP) is 2.11. The van der Waals surface area contributed by atoms with Gasteiger partial charge in [-0.15, -0.1) is 6.58 Å². The van der Waals surface area contributed by atoms with Crippen LogP contribution in [0.5, 0.6) is 5.75 Å². The molecule has 1 heterocycles. The van der Waals surface area contributed by atoms with Crippen molar-refractivity contribution in [1.29, 1.82) is 0 Å². The van der Waals surface area contributed by atoms with Gasteiger partial charge in [-0.2, -0.15) is 13.2 Å². The molecule has 0 radical (unpaired) electrons. The number of rotatable bonds is 10. The van der Waals surface area contributed by atoms with E-state index < -0.39 is 30.3 Å². The zero-order valence-corrected chi connectivity index (χ0v) is 16.0. The molecule has 160 valence electrons. The highest BCUT2D eigenvalue weighted by Crippen LogP contribution is 2.32. The first-order chi connectivity index (χ1) is 13.7. The van der Waals surface area contributed by atoms with Gasteiger partial charge in [-0.05, 0) is 31.2 Å². The lowest BCUT2D eigenvalue weighted by Crippen LogP contribution is -2.55. The standard InChI is InChI=1S/C19H24F3N3O4/c1-3-9-18(17(27)25-23-12-19(20,21)22)13(2)29-16(24-18)14-5-7-15(8-6-14)28-11-4-10-26/h3,5-8,13,23,26H,1,4,9-12H2,2H3,(H,25,27)/t13-,18-/m0/s1. The summed E-state index contributed by atoms with van der Waals surface area (Å²) in [6.07, 6.45) is -3.13. The van der Waals surface area contributed by atoms with Gasteiger partial charge in [-0.3, -0.25) is 10.2 Å². The number of nitrogens with zero attached hydrogens (tertiary/aromatic N) is 1. The molecule has 3 N–H and O–H groups in total. The van der Waals surface area contributed by atoms with Crippen molar-refractivity contribution < 1.29 is 32.5 Å². The Morgan fingerprint density at radius 1 is 1.41 bits per heavy atom. The minimum Gasteiger partial charge on any atom is -0.494 e. The molecule has 0 fully saturated rings. The van der Waals surface area contributed by atoms with Gasteiger partial charge >= 0.3 is 6.18 Å². The molecule has 0 saturated carbocycles. The fourth-order valence-electron chi connectivity index (χ4n) is 2.74. The number of hydrogen-bond acceptors (Lipinski definition) is 6. The molecule has 0 aromatic heterocycles. The fraction of sp³-hybridized carbons (Fsp3) is 0.474. The number of nitrogens with one attached hydrogen (secondary N) is 2. The second kappa shape index (κ2) is 9.75. The van der Waals surface area contributed by atoms with Crippen molar-refractivity contribution in [2.24, 2.45) is 4.99 Å². The Morgan fingerprint density at radius 2 is 2.10 bits per heavy atom. The zero-order chi connectivity index (χ0) is 21.5. The van der Waals surface area contributed by atoms with Gasteiger partial charge in [0.15, 0.2) is 5.54 Å². The van der Waals surface area contributed by atoms with E-state index in [4.69, 9.17) is 14.6 Å². The highest BCUT2D eigenvalue weighted by atomic mass is 19.4. The molecule has 2 atom stereocenters. The van der Waals surface area contributed by atoms with Gasteiger partial charge < -0.3 is 14.6 Å². The Labute approximate surface area is 166 Å². The Morgan fingerprint density at radius 3 is 2.69 bits per heavy atom. The second-order valence-corrected chi connectivity index (χ2v) is 6.47. The molecule has 0 aliphatic carbocycles. The van der Waals surface area contributed by atoms with Crippen LogP contribution < -0.4 is 15.6 Å². The molecular formula is C19H24F3N3O4. The number of hydrogen-bond donors (Lipinski definition) is 3. The first kappa shape index (κ1) is 22.7. The lowest BCUT2D eigenvalue weighted by Gasteiger charge is -2.27. The number of amides is 1. The van der Waals surface area contributed by atoms with E-state index in [0.717, 1.165) is 0 Å². The lowest BCUT2D eigenvalue weighted by molar-refractivity contribution is -0.136. The van der Waals surface area contributed by atoms with Crippen molar-refractivity contribution >= 4 is 11.8 Å². The summed E-state index contributed by atoms with van der Waals surface area (Å²) in [6.45, 7) is 4.27. The summed E-state index contributed by atoms with van der Waals surface area (Å²) in [6, 6.07) is 6.79. The highest BCUT2D eigenvalue weighted by molar-refractivity contribution is 6.00. The number of ether oxygens (including phenoxy) is 2. The van der Waals surface area contributed by atoms with Crippen LogP contribution in [-0.2, 0) is 9.53 Å². The third-order valence-corrected chi connectivity index (χ3v) is 4.27. The average molecular weight is 415 g/mol. The summed E-state index contributed by atoms with van der Waals surface area (Å²) >= 11 is 0. The Balaban J connectivity index is 2.15. The topological polar surface area (TPSA) is 92.2 Å². The molecule has 1 amide bonds.